The second-order valence-electron chi connectivity index (χ2n) is 5.63. The summed E-state index contributed by atoms with van der Waals surface area (Å²) in [5, 5.41) is 19.9. The fourth-order valence-corrected chi connectivity index (χ4v) is 3.13. The minimum atomic E-state index is 0.0665. The molecule has 1 aromatic rings. The number of phenols is 2. The number of rotatable bonds is 3. The van der Waals surface area contributed by atoms with Gasteiger partial charge in [0.05, 0.1) is 5.56 Å². The number of hydrogen-bond donors (Lipinski definition) is 2. The topological polar surface area (TPSA) is 43.7 Å². The van der Waals surface area contributed by atoms with E-state index in [1.165, 1.54) is 25.7 Å². The Morgan fingerprint density at radius 1 is 1.21 bits per heavy atom. The molecule has 1 saturated heterocycles. The van der Waals surface area contributed by atoms with E-state index < -0.39 is 0 Å². The highest BCUT2D eigenvalue weighted by Gasteiger charge is 2.24. The van der Waals surface area contributed by atoms with Gasteiger partial charge in [0, 0.05) is 6.04 Å². The molecule has 2 unspecified atom stereocenters. The van der Waals surface area contributed by atoms with Crippen LogP contribution in [0.3, 0.4) is 0 Å². The molecule has 1 aromatic carbocycles. The first-order valence-corrected chi connectivity index (χ1v) is 7.38. The lowest BCUT2D eigenvalue weighted by molar-refractivity contribution is 0.208. The summed E-state index contributed by atoms with van der Waals surface area (Å²) >= 11 is 0. The average molecular weight is 263 g/mol. The zero-order valence-electron chi connectivity index (χ0n) is 12.0. The van der Waals surface area contributed by atoms with Crippen LogP contribution in [-0.2, 0) is 0 Å². The van der Waals surface area contributed by atoms with Crippen molar-refractivity contribution in [3.63, 3.8) is 0 Å². The maximum atomic E-state index is 9.97. The lowest BCUT2D eigenvalue weighted by atomic mass is 9.98. The Morgan fingerprint density at radius 3 is 2.53 bits per heavy atom. The Balaban J connectivity index is 2.13. The number of phenolic OH excluding ortho intramolecular Hbond substituents is 2. The van der Waals surface area contributed by atoms with Crippen molar-refractivity contribution in [2.75, 3.05) is 13.1 Å². The highest BCUT2D eigenvalue weighted by atomic mass is 16.3. The molecule has 106 valence electrons. The van der Waals surface area contributed by atoms with Gasteiger partial charge in [-0.3, -0.25) is 4.90 Å². The van der Waals surface area contributed by atoms with E-state index in [9.17, 15) is 10.2 Å². The van der Waals surface area contributed by atoms with E-state index in [0.29, 0.717) is 5.56 Å². The van der Waals surface area contributed by atoms with Gasteiger partial charge in [-0.25, -0.2) is 0 Å². The summed E-state index contributed by atoms with van der Waals surface area (Å²) in [6.45, 7) is 6.43. The van der Waals surface area contributed by atoms with Gasteiger partial charge in [-0.1, -0.05) is 19.4 Å². The maximum Gasteiger partial charge on any atom is 0.124 e. The van der Waals surface area contributed by atoms with Gasteiger partial charge >= 0.3 is 0 Å². The second kappa shape index (κ2) is 6.29. The molecule has 1 heterocycles. The van der Waals surface area contributed by atoms with Gasteiger partial charge in [0.2, 0.25) is 0 Å². The van der Waals surface area contributed by atoms with Gasteiger partial charge in [-0.2, -0.15) is 0 Å². The molecule has 0 bridgehead atoms. The van der Waals surface area contributed by atoms with Gasteiger partial charge < -0.3 is 10.2 Å². The van der Waals surface area contributed by atoms with E-state index in [-0.39, 0.29) is 17.5 Å². The Hall–Kier alpha value is -1.22. The minimum Gasteiger partial charge on any atom is -0.507 e. The monoisotopic (exact) mass is 263 g/mol. The lowest BCUT2D eigenvalue weighted by Gasteiger charge is -2.29. The van der Waals surface area contributed by atoms with Crippen LogP contribution in [-0.4, -0.2) is 28.2 Å². The van der Waals surface area contributed by atoms with Gasteiger partial charge in [0.1, 0.15) is 11.5 Å². The largest absolute Gasteiger partial charge is 0.507 e. The van der Waals surface area contributed by atoms with Crippen LogP contribution in [0.2, 0.25) is 0 Å². The summed E-state index contributed by atoms with van der Waals surface area (Å²) in [6.07, 6.45) is 4.98. The molecule has 0 saturated carbocycles. The van der Waals surface area contributed by atoms with Crippen LogP contribution in [0.25, 0.3) is 0 Å². The Labute approximate surface area is 115 Å². The highest BCUT2D eigenvalue weighted by Crippen LogP contribution is 2.36. The van der Waals surface area contributed by atoms with Crippen molar-refractivity contribution in [1.29, 1.82) is 0 Å². The molecule has 0 radical (unpaired) electrons. The zero-order chi connectivity index (χ0) is 13.8. The summed E-state index contributed by atoms with van der Waals surface area (Å²) in [5.41, 5.74) is 0.664. The molecule has 3 nitrogen and oxygen atoms in total. The molecule has 0 aliphatic carbocycles. The lowest BCUT2D eigenvalue weighted by Crippen LogP contribution is -2.28. The van der Waals surface area contributed by atoms with Crippen molar-refractivity contribution in [3.8, 4) is 11.5 Å². The van der Waals surface area contributed by atoms with E-state index in [2.05, 4.69) is 18.7 Å². The van der Waals surface area contributed by atoms with Gasteiger partial charge in [0.25, 0.3) is 0 Å². The fourth-order valence-electron chi connectivity index (χ4n) is 3.13. The fraction of sp³-hybridized carbons (Fsp3) is 0.625. The molecular formula is C16H25NO2. The summed E-state index contributed by atoms with van der Waals surface area (Å²) in [4.78, 5) is 2.38. The van der Waals surface area contributed by atoms with Gasteiger partial charge in [0.15, 0.2) is 0 Å². The maximum absolute atomic E-state index is 9.97. The van der Waals surface area contributed by atoms with Crippen molar-refractivity contribution in [3.05, 3.63) is 23.8 Å². The van der Waals surface area contributed by atoms with E-state index >= 15 is 0 Å². The van der Waals surface area contributed by atoms with Crippen LogP contribution in [0.15, 0.2) is 18.2 Å². The predicted octanol–water partition coefficient (Wildman–Crippen LogP) is 3.67. The van der Waals surface area contributed by atoms with Crippen molar-refractivity contribution < 1.29 is 10.2 Å². The molecule has 0 amide bonds. The first-order valence-electron chi connectivity index (χ1n) is 7.38. The minimum absolute atomic E-state index is 0.0665. The molecule has 19 heavy (non-hydrogen) atoms. The molecule has 2 N–H and O–H groups in total. The third-order valence-corrected chi connectivity index (χ3v) is 4.49. The summed E-state index contributed by atoms with van der Waals surface area (Å²) in [5.74, 6) is 1.22. The van der Waals surface area contributed by atoms with Crippen LogP contribution >= 0.6 is 0 Å². The SMILES string of the molecule is CCC1CCCN(C(C)c2c(O)cccc2O)CC1. The van der Waals surface area contributed by atoms with E-state index in [0.717, 1.165) is 19.0 Å². The van der Waals surface area contributed by atoms with Crippen molar-refractivity contribution in [1.82, 2.24) is 4.90 Å². The van der Waals surface area contributed by atoms with Crippen LogP contribution in [0.1, 0.15) is 51.1 Å². The molecule has 0 aromatic heterocycles. The molecule has 2 rings (SSSR count). The smallest absolute Gasteiger partial charge is 0.124 e. The third-order valence-electron chi connectivity index (χ3n) is 4.49. The van der Waals surface area contributed by atoms with Gasteiger partial charge in [-0.15, -0.1) is 0 Å². The number of aromatic hydroxyl groups is 2. The number of hydrogen-bond acceptors (Lipinski definition) is 3. The zero-order valence-corrected chi connectivity index (χ0v) is 12.0. The summed E-state index contributed by atoms with van der Waals surface area (Å²) in [7, 11) is 0. The van der Waals surface area contributed by atoms with Crippen molar-refractivity contribution >= 4 is 0 Å². The Kier molecular flexibility index (Phi) is 4.70. The molecule has 1 aliphatic rings. The molecule has 0 spiro atoms. The summed E-state index contributed by atoms with van der Waals surface area (Å²) in [6, 6.07) is 5.05. The van der Waals surface area contributed by atoms with Crippen LogP contribution < -0.4 is 0 Å². The van der Waals surface area contributed by atoms with Crippen molar-refractivity contribution in [2.45, 2.75) is 45.6 Å². The molecule has 1 fully saturated rings. The first kappa shape index (κ1) is 14.2. The Morgan fingerprint density at radius 2 is 1.89 bits per heavy atom. The molecule has 2 atom stereocenters. The normalized spacial score (nSPS) is 22.9. The van der Waals surface area contributed by atoms with E-state index in [4.69, 9.17) is 0 Å². The standard InChI is InChI=1S/C16H25NO2/c1-3-13-6-5-10-17(11-9-13)12(2)16-14(18)7-4-8-15(16)19/h4,7-8,12-13,18-19H,3,5-6,9-11H2,1-2H3. The van der Waals surface area contributed by atoms with E-state index in [1.54, 1.807) is 18.2 Å². The quantitative estimate of drug-likeness (QED) is 0.874. The molecular weight excluding hydrogens is 238 g/mol. The molecule has 3 heteroatoms. The highest BCUT2D eigenvalue weighted by molar-refractivity contribution is 5.44. The van der Waals surface area contributed by atoms with E-state index in [1.807, 2.05) is 0 Å². The van der Waals surface area contributed by atoms with Crippen LogP contribution in [0.4, 0.5) is 0 Å². The number of likely N-dealkylation sites (tertiary alicyclic amines) is 1. The molecule has 1 aliphatic heterocycles. The number of nitrogens with zero attached hydrogens (tertiary/aromatic N) is 1. The van der Waals surface area contributed by atoms with Crippen LogP contribution in [0, 0.1) is 5.92 Å². The third kappa shape index (κ3) is 3.21. The predicted molar refractivity (Wildman–Crippen MR) is 77.4 cm³/mol. The first-order chi connectivity index (χ1) is 9.13. The Bertz CT molecular complexity index is 399. The average Bonchev–Trinajstić information content (AvgIpc) is 2.63. The summed E-state index contributed by atoms with van der Waals surface area (Å²) < 4.78 is 0. The van der Waals surface area contributed by atoms with Gasteiger partial charge in [-0.05, 0) is 57.3 Å². The number of benzene rings is 1. The van der Waals surface area contributed by atoms with Crippen LogP contribution in [0.5, 0.6) is 11.5 Å². The van der Waals surface area contributed by atoms with Crippen molar-refractivity contribution in [2.24, 2.45) is 5.92 Å². The second-order valence-corrected chi connectivity index (χ2v) is 5.63.